The molecule has 0 bridgehead atoms. The van der Waals surface area contributed by atoms with Crippen LogP contribution in [0.1, 0.15) is 33.0 Å². The van der Waals surface area contributed by atoms with Crippen LogP contribution in [0.25, 0.3) is 0 Å². The minimum absolute atomic E-state index is 0.0787. The summed E-state index contributed by atoms with van der Waals surface area (Å²) in [4.78, 5) is 16.7. The first-order valence-electron chi connectivity index (χ1n) is 11.7. The van der Waals surface area contributed by atoms with Crippen molar-refractivity contribution in [3.05, 3.63) is 98.5 Å². The maximum Gasteiger partial charge on any atom is 0.419 e. The first kappa shape index (κ1) is 28.1. The van der Waals surface area contributed by atoms with E-state index in [-0.39, 0.29) is 37.2 Å². The van der Waals surface area contributed by atoms with Crippen molar-refractivity contribution in [1.82, 2.24) is 9.80 Å². The molecule has 0 radical (unpaired) electrons. The van der Waals surface area contributed by atoms with E-state index >= 15 is 0 Å². The zero-order valence-corrected chi connectivity index (χ0v) is 21.9. The molecule has 2 atom stereocenters. The number of nitrogens with one attached hydrogen (secondary N) is 1. The van der Waals surface area contributed by atoms with E-state index in [9.17, 15) is 26.7 Å². The second-order valence-corrected chi connectivity index (χ2v) is 10.0. The standard InChI is InChI=1S/C27H24Cl2F5N3O/c1-35-17-5-6-18(23(30)11-17)26(38)37-13-19(16-4-8-21(28)22(29)10-16)25(14-37)36(2)12-15-3-7-20(24(31)9-15)27(32,33)34/h3-11,19,25,35H,12-14H2,1-2H3. The highest BCUT2D eigenvalue weighted by Gasteiger charge is 2.40. The average molecular weight is 572 g/mol. The molecule has 1 aliphatic heterocycles. The molecular formula is C27H24Cl2F5N3O. The van der Waals surface area contributed by atoms with E-state index in [2.05, 4.69) is 5.32 Å². The third kappa shape index (κ3) is 5.90. The van der Waals surface area contributed by atoms with Gasteiger partial charge in [0.2, 0.25) is 0 Å². The van der Waals surface area contributed by atoms with Crippen LogP contribution in [0.4, 0.5) is 27.6 Å². The summed E-state index contributed by atoms with van der Waals surface area (Å²) in [6, 6.07) is 11.9. The van der Waals surface area contributed by atoms with Crippen molar-refractivity contribution in [2.45, 2.75) is 24.7 Å². The van der Waals surface area contributed by atoms with E-state index in [4.69, 9.17) is 23.2 Å². The van der Waals surface area contributed by atoms with Crippen LogP contribution in [0.2, 0.25) is 10.0 Å². The first-order valence-corrected chi connectivity index (χ1v) is 12.4. The van der Waals surface area contributed by atoms with Gasteiger partial charge in [0.15, 0.2) is 0 Å². The molecule has 4 rings (SSSR count). The number of amides is 1. The Morgan fingerprint density at radius 3 is 2.34 bits per heavy atom. The third-order valence-corrected chi connectivity index (χ3v) is 7.51. The van der Waals surface area contributed by atoms with E-state index in [1.54, 1.807) is 38.4 Å². The Labute approximate surface area is 226 Å². The molecule has 3 aromatic carbocycles. The number of carbonyl (C=O) groups is 1. The molecule has 0 aromatic heterocycles. The molecule has 0 aliphatic carbocycles. The number of anilines is 1. The number of hydrogen-bond donors (Lipinski definition) is 1. The number of benzene rings is 3. The molecule has 0 saturated carbocycles. The highest BCUT2D eigenvalue weighted by Crippen LogP contribution is 2.36. The Morgan fingerprint density at radius 2 is 1.74 bits per heavy atom. The topological polar surface area (TPSA) is 35.6 Å². The smallest absolute Gasteiger partial charge is 0.388 e. The normalized spacial score (nSPS) is 17.8. The van der Waals surface area contributed by atoms with Gasteiger partial charge >= 0.3 is 6.18 Å². The molecule has 202 valence electrons. The predicted molar refractivity (Wildman–Crippen MR) is 138 cm³/mol. The number of likely N-dealkylation sites (N-methyl/N-ethyl adjacent to an activating group) is 1. The molecule has 3 aromatic rings. The van der Waals surface area contributed by atoms with Gasteiger partial charge in [-0.05, 0) is 60.6 Å². The van der Waals surface area contributed by atoms with Crippen LogP contribution in [0, 0.1) is 11.6 Å². The first-order chi connectivity index (χ1) is 17.9. The van der Waals surface area contributed by atoms with Gasteiger partial charge in [-0.15, -0.1) is 0 Å². The second kappa shape index (κ2) is 11.1. The molecule has 1 amide bonds. The molecule has 0 spiro atoms. The van der Waals surface area contributed by atoms with Gasteiger partial charge in [-0.3, -0.25) is 9.69 Å². The molecule has 1 saturated heterocycles. The summed E-state index contributed by atoms with van der Waals surface area (Å²) in [5.41, 5.74) is 0.239. The summed E-state index contributed by atoms with van der Waals surface area (Å²) in [5.74, 6) is -2.79. The van der Waals surface area contributed by atoms with E-state index in [1.165, 1.54) is 23.1 Å². The van der Waals surface area contributed by atoms with Crippen LogP contribution in [-0.4, -0.2) is 48.9 Å². The SMILES string of the molecule is CNc1ccc(C(=O)N2CC(c3ccc(Cl)c(Cl)c3)C(N(C)Cc3ccc(C(F)(F)F)c(F)c3)C2)c(F)c1. The van der Waals surface area contributed by atoms with Gasteiger partial charge < -0.3 is 10.2 Å². The van der Waals surface area contributed by atoms with Crippen molar-refractivity contribution >= 4 is 34.8 Å². The van der Waals surface area contributed by atoms with Crippen molar-refractivity contribution in [3.63, 3.8) is 0 Å². The maximum atomic E-state index is 14.7. The van der Waals surface area contributed by atoms with E-state index in [1.807, 2.05) is 4.90 Å². The number of halogens is 7. The summed E-state index contributed by atoms with van der Waals surface area (Å²) < 4.78 is 67.8. The van der Waals surface area contributed by atoms with Gasteiger partial charge in [0.05, 0.1) is 21.2 Å². The lowest BCUT2D eigenvalue weighted by Crippen LogP contribution is -2.38. The molecule has 38 heavy (non-hydrogen) atoms. The fourth-order valence-electron chi connectivity index (χ4n) is 4.78. The lowest BCUT2D eigenvalue weighted by atomic mass is 9.93. The number of carbonyl (C=O) groups excluding carboxylic acids is 1. The molecule has 11 heteroatoms. The molecule has 1 aliphatic rings. The van der Waals surface area contributed by atoms with Crippen LogP contribution in [0.3, 0.4) is 0 Å². The van der Waals surface area contributed by atoms with Crippen molar-refractivity contribution in [3.8, 4) is 0 Å². The van der Waals surface area contributed by atoms with Crippen LogP contribution in [-0.2, 0) is 12.7 Å². The lowest BCUT2D eigenvalue weighted by molar-refractivity contribution is -0.140. The Balaban J connectivity index is 1.62. The molecule has 1 heterocycles. The fraction of sp³-hybridized carbons (Fsp3) is 0.296. The monoisotopic (exact) mass is 571 g/mol. The summed E-state index contributed by atoms with van der Waals surface area (Å²) in [6.45, 7) is 0.557. The van der Waals surface area contributed by atoms with Crippen molar-refractivity contribution in [1.29, 1.82) is 0 Å². The van der Waals surface area contributed by atoms with Gasteiger partial charge in [-0.1, -0.05) is 35.3 Å². The van der Waals surface area contributed by atoms with Crippen molar-refractivity contribution in [2.24, 2.45) is 0 Å². The molecule has 1 N–H and O–H groups in total. The number of likely N-dealkylation sites (tertiary alicyclic amines) is 1. The fourth-order valence-corrected chi connectivity index (χ4v) is 5.08. The zero-order chi connectivity index (χ0) is 27.8. The second-order valence-electron chi connectivity index (χ2n) is 9.23. The van der Waals surface area contributed by atoms with E-state index < -0.39 is 29.3 Å². The Hall–Kier alpha value is -2.88. The van der Waals surface area contributed by atoms with Gasteiger partial charge in [-0.2, -0.15) is 13.2 Å². The maximum absolute atomic E-state index is 14.7. The number of rotatable bonds is 6. The summed E-state index contributed by atoms with van der Waals surface area (Å²) in [6.07, 6.45) is -4.79. The minimum atomic E-state index is -4.79. The minimum Gasteiger partial charge on any atom is -0.388 e. The van der Waals surface area contributed by atoms with Crippen molar-refractivity contribution < 1.29 is 26.7 Å². The Bertz CT molecular complexity index is 1350. The number of alkyl halides is 3. The molecular weight excluding hydrogens is 548 g/mol. The zero-order valence-electron chi connectivity index (χ0n) is 20.4. The van der Waals surface area contributed by atoms with E-state index in [0.717, 1.165) is 17.7 Å². The Morgan fingerprint density at radius 1 is 1.00 bits per heavy atom. The van der Waals surface area contributed by atoms with Crippen molar-refractivity contribution in [2.75, 3.05) is 32.5 Å². The van der Waals surface area contributed by atoms with E-state index in [0.29, 0.717) is 21.3 Å². The highest BCUT2D eigenvalue weighted by atomic mass is 35.5. The lowest BCUT2D eigenvalue weighted by Gasteiger charge is -2.29. The average Bonchev–Trinajstić information content (AvgIpc) is 3.30. The summed E-state index contributed by atoms with van der Waals surface area (Å²) in [7, 11) is 3.38. The summed E-state index contributed by atoms with van der Waals surface area (Å²) in [5, 5.41) is 3.51. The Kier molecular flexibility index (Phi) is 8.20. The molecule has 2 unspecified atom stereocenters. The van der Waals surface area contributed by atoms with Gasteiger partial charge in [-0.25, -0.2) is 8.78 Å². The highest BCUT2D eigenvalue weighted by molar-refractivity contribution is 6.42. The van der Waals surface area contributed by atoms with Gasteiger partial charge in [0.1, 0.15) is 11.6 Å². The predicted octanol–water partition coefficient (Wildman–Crippen LogP) is 7.07. The number of hydrogen-bond acceptors (Lipinski definition) is 3. The van der Waals surface area contributed by atoms with Crippen LogP contribution in [0.15, 0.2) is 54.6 Å². The molecule has 1 fully saturated rings. The van der Waals surface area contributed by atoms with Crippen LogP contribution < -0.4 is 5.32 Å². The van der Waals surface area contributed by atoms with Crippen LogP contribution >= 0.6 is 23.2 Å². The summed E-state index contributed by atoms with van der Waals surface area (Å²) >= 11 is 12.3. The number of nitrogens with zero attached hydrogens (tertiary/aromatic N) is 2. The third-order valence-electron chi connectivity index (χ3n) is 6.77. The van der Waals surface area contributed by atoms with Gasteiger partial charge in [0, 0.05) is 44.3 Å². The molecule has 4 nitrogen and oxygen atoms in total. The quantitative estimate of drug-likeness (QED) is 0.321. The van der Waals surface area contributed by atoms with Gasteiger partial charge in [0.25, 0.3) is 5.91 Å². The van der Waals surface area contributed by atoms with Crippen LogP contribution in [0.5, 0.6) is 0 Å². The largest absolute Gasteiger partial charge is 0.419 e.